The molecule has 0 radical (unpaired) electrons. The van der Waals surface area contributed by atoms with Gasteiger partial charge >= 0.3 is 0 Å². The summed E-state index contributed by atoms with van der Waals surface area (Å²) in [4.78, 5) is 4.39. The van der Waals surface area contributed by atoms with Gasteiger partial charge in [0.25, 0.3) is 0 Å². The van der Waals surface area contributed by atoms with Crippen LogP contribution >= 0.6 is 0 Å². The molecule has 0 amide bonds. The van der Waals surface area contributed by atoms with Crippen molar-refractivity contribution in [3.05, 3.63) is 54.7 Å². The minimum atomic E-state index is 0.713. The molecule has 3 rings (SSSR count). The van der Waals surface area contributed by atoms with E-state index in [1.165, 1.54) is 0 Å². The largest absolute Gasteiger partial charge is 0.496 e. The number of nitrogens with zero attached hydrogens (tertiary/aromatic N) is 1. The summed E-state index contributed by atoms with van der Waals surface area (Å²) < 4.78 is 5.40. The van der Waals surface area contributed by atoms with E-state index in [4.69, 9.17) is 10.5 Å². The summed E-state index contributed by atoms with van der Waals surface area (Å²) in [5.41, 5.74) is 8.48. The number of nitrogens with two attached hydrogens (primary N) is 1. The van der Waals surface area contributed by atoms with Crippen molar-refractivity contribution < 1.29 is 4.74 Å². The minimum Gasteiger partial charge on any atom is -0.496 e. The Hall–Kier alpha value is -2.55. The summed E-state index contributed by atoms with van der Waals surface area (Å²) in [6.45, 7) is 0. The molecular weight excluding hydrogens is 236 g/mol. The number of hydrogen-bond donors (Lipinski definition) is 1. The summed E-state index contributed by atoms with van der Waals surface area (Å²) in [6, 6.07) is 15.8. The van der Waals surface area contributed by atoms with Gasteiger partial charge in [0.15, 0.2) is 0 Å². The molecule has 2 aromatic carbocycles. The van der Waals surface area contributed by atoms with Crippen LogP contribution < -0.4 is 10.5 Å². The van der Waals surface area contributed by atoms with Crippen LogP contribution in [-0.2, 0) is 0 Å². The molecule has 0 spiro atoms. The number of fused-ring (bicyclic) bond motifs is 1. The zero-order valence-electron chi connectivity index (χ0n) is 10.6. The molecular formula is C16H14N2O. The van der Waals surface area contributed by atoms with Gasteiger partial charge in [-0.2, -0.15) is 0 Å². The summed E-state index contributed by atoms with van der Waals surface area (Å²) in [7, 11) is 1.68. The van der Waals surface area contributed by atoms with Gasteiger partial charge < -0.3 is 10.5 Å². The fourth-order valence-corrected chi connectivity index (χ4v) is 2.27. The second kappa shape index (κ2) is 4.61. The Bertz CT molecular complexity index is 738. The highest BCUT2D eigenvalue weighted by Crippen LogP contribution is 2.33. The molecule has 0 aliphatic heterocycles. The molecule has 1 heterocycles. The number of hydrogen-bond acceptors (Lipinski definition) is 3. The van der Waals surface area contributed by atoms with Gasteiger partial charge in [0.2, 0.25) is 0 Å². The fraction of sp³-hybridized carbons (Fsp3) is 0.0625. The van der Waals surface area contributed by atoms with Crippen LogP contribution in [0.1, 0.15) is 0 Å². The summed E-state index contributed by atoms with van der Waals surface area (Å²) >= 11 is 0. The van der Waals surface area contributed by atoms with E-state index >= 15 is 0 Å². The lowest BCUT2D eigenvalue weighted by molar-refractivity contribution is 0.420. The summed E-state index contributed by atoms with van der Waals surface area (Å²) in [6.07, 6.45) is 1.73. The summed E-state index contributed by atoms with van der Waals surface area (Å²) in [5.74, 6) is 0.864. The Morgan fingerprint density at radius 3 is 2.53 bits per heavy atom. The van der Waals surface area contributed by atoms with Crippen molar-refractivity contribution in [2.24, 2.45) is 0 Å². The first-order valence-electron chi connectivity index (χ1n) is 6.07. The molecule has 0 saturated heterocycles. The Kier molecular flexibility index (Phi) is 2.80. The van der Waals surface area contributed by atoms with Crippen molar-refractivity contribution >= 4 is 16.5 Å². The lowest BCUT2D eigenvalue weighted by Crippen LogP contribution is -1.91. The maximum Gasteiger partial charge on any atom is 0.126 e. The van der Waals surface area contributed by atoms with Crippen molar-refractivity contribution in [3.8, 4) is 17.0 Å². The first-order chi connectivity index (χ1) is 9.29. The highest BCUT2D eigenvalue weighted by atomic mass is 16.5. The van der Waals surface area contributed by atoms with E-state index in [2.05, 4.69) is 11.1 Å². The van der Waals surface area contributed by atoms with Crippen molar-refractivity contribution in [1.82, 2.24) is 4.98 Å². The molecule has 0 bridgehead atoms. The van der Waals surface area contributed by atoms with Crippen LogP contribution in [0.2, 0.25) is 0 Å². The smallest absolute Gasteiger partial charge is 0.126 e. The lowest BCUT2D eigenvalue weighted by Gasteiger charge is -2.10. The predicted molar refractivity (Wildman–Crippen MR) is 78.1 cm³/mol. The lowest BCUT2D eigenvalue weighted by atomic mass is 10.0. The maximum atomic E-state index is 5.83. The van der Waals surface area contributed by atoms with Crippen molar-refractivity contribution in [1.29, 1.82) is 0 Å². The second-order valence-electron chi connectivity index (χ2n) is 4.34. The molecule has 0 unspecified atom stereocenters. The number of benzene rings is 2. The van der Waals surface area contributed by atoms with E-state index in [9.17, 15) is 0 Å². The first kappa shape index (κ1) is 11.5. The Morgan fingerprint density at radius 2 is 1.79 bits per heavy atom. The molecule has 0 saturated carbocycles. The molecule has 1 aromatic heterocycles. The average molecular weight is 250 g/mol. The molecule has 0 aliphatic carbocycles. The molecule has 0 aliphatic rings. The van der Waals surface area contributed by atoms with Crippen LogP contribution in [-0.4, -0.2) is 12.1 Å². The minimum absolute atomic E-state index is 0.713. The quantitative estimate of drug-likeness (QED) is 0.757. The molecule has 2 N–H and O–H groups in total. The van der Waals surface area contributed by atoms with Gasteiger partial charge in [0.1, 0.15) is 5.75 Å². The third kappa shape index (κ3) is 1.99. The Morgan fingerprint density at radius 1 is 1.00 bits per heavy atom. The summed E-state index contributed by atoms with van der Waals surface area (Å²) in [5, 5.41) is 2.19. The zero-order chi connectivity index (χ0) is 13.2. The van der Waals surface area contributed by atoms with Crippen molar-refractivity contribution in [2.45, 2.75) is 0 Å². The number of anilines is 1. The van der Waals surface area contributed by atoms with Crippen LogP contribution in [0.3, 0.4) is 0 Å². The third-order valence-corrected chi connectivity index (χ3v) is 3.16. The SMILES string of the molecule is COc1ccc(-c2cc(N)ccn2)c2ccccc12. The number of ether oxygens (including phenoxy) is 1. The predicted octanol–water partition coefficient (Wildman–Crippen LogP) is 3.49. The highest BCUT2D eigenvalue weighted by molar-refractivity contribution is 5.99. The third-order valence-electron chi connectivity index (χ3n) is 3.16. The average Bonchev–Trinajstić information content (AvgIpc) is 2.46. The van der Waals surface area contributed by atoms with Gasteiger partial charge in [-0.05, 0) is 29.7 Å². The molecule has 0 atom stereocenters. The van der Waals surface area contributed by atoms with Crippen LogP contribution in [0.25, 0.3) is 22.0 Å². The van der Waals surface area contributed by atoms with E-state index in [0.717, 1.165) is 27.8 Å². The van der Waals surface area contributed by atoms with E-state index in [1.807, 2.05) is 36.4 Å². The van der Waals surface area contributed by atoms with Crippen LogP contribution in [0.4, 0.5) is 5.69 Å². The van der Waals surface area contributed by atoms with Gasteiger partial charge in [-0.1, -0.05) is 24.3 Å². The van der Waals surface area contributed by atoms with Gasteiger partial charge in [0.05, 0.1) is 12.8 Å². The number of nitrogen functional groups attached to an aromatic ring is 1. The van der Waals surface area contributed by atoms with Gasteiger partial charge in [0, 0.05) is 22.8 Å². The normalized spacial score (nSPS) is 10.6. The standard InChI is InChI=1S/C16H14N2O/c1-19-16-7-6-13(12-4-2-3-5-14(12)16)15-10-11(17)8-9-18-15/h2-10H,1H3,(H2,17,18). The number of rotatable bonds is 2. The first-order valence-corrected chi connectivity index (χ1v) is 6.07. The van der Waals surface area contributed by atoms with Crippen LogP contribution in [0.5, 0.6) is 5.75 Å². The van der Waals surface area contributed by atoms with E-state index < -0.39 is 0 Å². The van der Waals surface area contributed by atoms with Gasteiger partial charge in [-0.25, -0.2) is 0 Å². The van der Waals surface area contributed by atoms with E-state index in [1.54, 1.807) is 19.4 Å². The Labute approximate surface area is 111 Å². The molecule has 3 aromatic rings. The van der Waals surface area contributed by atoms with Gasteiger partial charge in [-0.15, -0.1) is 0 Å². The fourth-order valence-electron chi connectivity index (χ4n) is 2.27. The van der Waals surface area contributed by atoms with Crippen LogP contribution in [0, 0.1) is 0 Å². The van der Waals surface area contributed by atoms with E-state index in [0.29, 0.717) is 5.69 Å². The maximum absolute atomic E-state index is 5.83. The van der Waals surface area contributed by atoms with Crippen LogP contribution in [0.15, 0.2) is 54.7 Å². The van der Waals surface area contributed by atoms with Gasteiger partial charge in [-0.3, -0.25) is 4.98 Å². The van der Waals surface area contributed by atoms with Crippen molar-refractivity contribution in [3.63, 3.8) is 0 Å². The monoisotopic (exact) mass is 250 g/mol. The zero-order valence-corrected chi connectivity index (χ0v) is 10.6. The Balaban J connectivity index is 2.31. The number of pyridine rings is 1. The molecule has 3 heteroatoms. The molecule has 19 heavy (non-hydrogen) atoms. The number of methoxy groups -OCH3 is 1. The molecule has 0 fully saturated rings. The van der Waals surface area contributed by atoms with E-state index in [-0.39, 0.29) is 0 Å². The number of aromatic nitrogens is 1. The molecule has 3 nitrogen and oxygen atoms in total. The topological polar surface area (TPSA) is 48.1 Å². The van der Waals surface area contributed by atoms with Crippen molar-refractivity contribution in [2.75, 3.05) is 12.8 Å². The highest BCUT2D eigenvalue weighted by Gasteiger charge is 2.08. The second-order valence-corrected chi connectivity index (χ2v) is 4.34. The molecule has 94 valence electrons.